The number of fused-ring (bicyclic) bond motifs is 5. The average molecular weight is 1150 g/mol. The Kier molecular flexibility index (Phi) is 16.4. The third-order valence-electron chi connectivity index (χ3n) is 18.5. The number of benzene rings is 3. The van der Waals surface area contributed by atoms with Crippen LogP contribution in [0.4, 0.5) is 25.1 Å². The topological polar surface area (TPSA) is 175 Å². The minimum atomic E-state index is -0.753. The number of hydrogen-bond acceptors (Lipinski definition) is 15. The lowest BCUT2D eigenvalue weighted by Gasteiger charge is -2.42. The zero-order valence-corrected chi connectivity index (χ0v) is 48.7. The molecule has 0 aliphatic carbocycles. The number of anilines is 2. The third-order valence-corrected chi connectivity index (χ3v) is 18.5. The molecule has 18 nitrogen and oxygen atoms in total. The molecule has 2 aromatic heterocycles. The number of nitrogens with one attached hydrogen (secondary N) is 1. The molecule has 3 aromatic carbocycles. The number of likely N-dealkylation sites (tertiary alicyclic amines) is 2. The molecule has 5 aromatic rings. The molecule has 3 atom stereocenters. The Labute approximate surface area is 489 Å². The smallest absolute Gasteiger partial charge is 0.410 e. The molecule has 7 aliphatic heterocycles. The van der Waals surface area contributed by atoms with Crippen LogP contribution in [0.1, 0.15) is 113 Å². The standard InChI is InChI=1S/C64H76F2N10O8/c1-6-48-52(65)12-7-42-31-47(83-38-81-5)32-50(55(42)48)57-56(66)58-51(33-67-57)59(74-36-45-8-9-46(37-74)76(45)63(80)84-64(2,3)4)70-62(69-58)82-28-27-71-21-15-39(16-22-71)29-40-17-23-72(24-18-40)34-41-19-25-73(26-20-41)44-10-11-49-43(30-44)35-75(61(49)79)53-13-14-54(77)68-60(53)78/h1,7,10-12,30-33,39-41,45-46,53H,8-9,13-29,34-38H2,2-5H3,(H,68,77,78)/t45?,46?,53-/m1/s1. The van der Waals surface area contributed by atoms with E-state index in [0.717, 1.165) is 102 Å². The monoisotopic (exact) mass is 1150 g/mol. The number of piperidine rings is 4. The van der Waals surface area contributed by atoms with E-state index in [2.05, 4.69) is 41.9 Å². The van der Waals surface area contributed by atoms with Crippen LogP contribution >= 0.6 is 0 Å². The Morgan fingerprint density at radius 2 is 1.52 bits per heavy atom. The maximum atomic E-state index is 17.6. The van der Waals surface area contributed by atoms with Crippen molar-refractivity contribution in [3.05, 3.63) is 77.0 Å². The summed E-state index contributed by atoms with van der Waals surface area (Å²) in [6, 6.07) is 11.3. The van der Waals surface area contributed by atoms with Crippen LogP contribution < -0.4 is 24.6 Å². The Morgan fingerprint density at radius 1 is 0.810 bits per heavy atom. The molecule has 0 spiro atoms. The molecule has 2 unspecified atom stereocenters. The summed E-state index contributed by atoms with van der Waals surface area (Å²) in [7, 11) is 1.49. The summed E-state index contributed by atoms with van der Waals surface area (Å²) in [4.78, 5) is 78.5. The number of rotatable bonds is 15. The maximum Gasteiger partial charge on any atom is 0.410 e. The van der Waals surface area contributed by atoms with E-state index in [1.54, 1.807) is 29.3 Å². The van der Waals surface area contributed by atoms with Crippen LogP contribution in [0.3, 0.4) is 0 Å². The third kappa shape index (κ3) is 11.9. The van der Waals surface area contributed by atoms with Crippen molar-refractivity contribution in [1.82, 2.24) is 39.9 Å². The second-order valence-electron chi connectivity index (χ2n) is 25.2. The molecule has 0 radical (unpaired) electrons. The summed E-state index contributed by atoms with van der Waals surface area (Å²) < 4.78 is 56.1. The van der Waals surface area contributed by atoms with Gasteiger partial charge in [0.1, 0.15) is 46.8 Å². The number of hydrogen-bond donors (Lipinski definition) is 1. The molecule has 20 heteroatoms. The quantitative estimate of drug-likeness (QED) is 0.0599. The number of amides is 4. The summed E-state index contributed by atoms with van der Waals surface area (Å²) in [6.45, 7) is 15.1. The van der Waals surface area contributed by atoms with Crippen molar-refractivity contribution in [3.8, 4) is 35.4 Å². The van der Waals surface area contributed by atoms with E-state index in [4.69, 9.17) is 35.3 Å². The lowest BCUT2D eigenvalue weighted by molar-refractivity contribution is -0.136. The maximum absolute atomic E-state index is 17.6. The number of terminal acetylenes is 1. The van der Waals surface area contributed by atoms with E-state index >= 15 is 8.78 Å². The van der Waals surface area contributed by atoms with Crippen LogP contribution in [0.5, 0.6) is 11.8 Å². The zero-order chi connectivity index (χ0) is 58.4. The first-order chi connectivity index (χ1) is 40.6. The SMILES string of the molecule is C#Cc1c(F)ccc2cc(OCOC)cc(-c3ncc4c(N5CC6CCC(C5)N6C(=O)OC(C)(C)C)nc(OCCN5CCC(CC6CCN(CC7CCN(c8ccc9c(c8)CN([C@@H]8CCC(=O)NC8=O)C9=O)CC7)CC6)CC5)nc4c3F)c12. The molecular formula is C64H76F2N10O8. The first-order valence-electron chi connectivity index (χ1n) is 30.2. The molecular weight excluding hydrogens is 1070 g/mol. The van der Waals surface area contributed by atoms with E-state index < -0.39 is 23.3 Å². The normalized spacial score (nSPS) is 22.2. The van der Waals surface area contributed by atoms with Crippen molar-refractivity contribution in [1.29, 1.82) is 0 Å². The number of nitrogens with zero attached hydrogens (tertiary/aromatic N) is 9. The first kappa shape index (κ1) is 57.2. The van der Waals surface area contributed by atoms with Crippen molar-refractivity contribution >= 4 is 57.0 Å². The van der Waals surface area contributed by atoms with Gasteiger partial charge in [-0.2, -0.15) is 9.97 Å². The van der Waals surface area contributed by atoms with Crippen LogP contribution in [0.25, 0.3) is 32.9 Å². The molecule has 2 bridgehead atoms. The van der Waals surface area contributed by atoms with Crippen LogP contribution in [0.15, 0.2) is 48.7 Å². The molecule has 1 N–H and O–H groups in total. The van der Waals surface area contributed by atoms with Crippen molar-refractivity contribution in [2.75, 3.05) is 95.8 Å². The van der Waals surface area contributed by atoms with Crippen molar-refractivity contribution in [2.45, 2.75) is 122 Å². The van der Waals surface area contributed by atoms with Gasteiger partial charge in [-0.1, -0.05) is 12.0 Å². The summed E-state index contributed by atoms with van der Waals surface area (Å²) in [5.74, 6) is 3.16. The van der Waals surface area contributed by atoms with Crippen LogP contribution in [0, 0.1) is 41.7 Å². The summed E-state index contributed by atoms with van der Waals surface area (Å²) in [5.41, 5.74) is 2.17. The Morgan fingerprint density at radius 3 is 2.21 bits per heavy atom. The Balaban J connectivity index is 0.652. The lowest BCUT2D eigenvalue weighted by atomic mass is 9.82. The molecule has 0 saturated carbocycles. The van der Waals surface area contributed by atoms with Gasteiger partial charge in [-0.3, -0.25) is 34.5 Å². The predicted molar refractivity (Wildman–Crippen MR) is 314 cm³/mol. The number of piperazine rings is 1. The Hall–Kier alpha value is -7.21. The highest BCUT2D eigenvalue weighted by atomic mass is 19.1. The molecule has 4 amide bonds. The van der Waals surface area contributed by atoms with E-state index in [1.807, 2.05) is 37.8 Å². The van der Waals surface area contributed by atoms with Crippen LogP contribution in [-0.4, -0.2) is 168 Å². The van der Waals surface area contributed by atoms with Gasteiger partial charge in [0.15, 0.2) is 12.6 Å². The predicted octanol–water partition coefficient (Wildman–Crippen LogP) is 8.55. The number of carbonyl (C=O) groups is 4. The van der Waals surface area contributed by atoms with Crippen LogP contribution in [0.2, 0.25) is 0 Å². The molecule has 9 heterocycles. The fourth-order valence-electron chi connectivity index (χ4n) is 14.2. The summed E-state index contributed by atoms with van der Waals surface area (Å²) >= 11 is 0. The number of ether oxygens (including phenoxy) is 4. The summed E-state index contributed by atoms with van der Waals surface area (Å²) in [6.07, 6.45) is 17.5. The van der Waals surface area contributed by atoms with E-state index in [1.165, 1.54) is 32.4 Å². The van der Waals surface area contributed by atoms with Gasteiger partial charge < -0.3 is 38.5 Å². The van der Waals surface area contributed by atoms with Gasteiger partial charge in [-0.15, -0.1) is 6.42 Å². The van der Waals surface area contributed by atoms with Gasteiger partial charge >= 0.3 is 12.1 Å². The van der Waals surface area contributed by atoms with Crippen molar-refractivity contribution in [2.24, 2.45) is 17.8 Å². The molecule has 84 heavy (non-hydrogen) atoms. The van der Waals surface area contributed by atoms with Gasteiger partial charge in [0.05, 0.1) is 23.0 Å². The number of pyridine rings is 1. The fraction of sp³-hybridized carbons (Fsp3) is 0.547. The number of halogens is 2. The lowest BCUT2D eigenvalue weighted by Crippen LogP contribution is -2.57. The summed E-state index contributed by atoms with van der Waals surface area (Å²) in [5, 5.41) is 3.60. The van der Waals surface area contributed by atoms with Gasteiger partial charge in [0.25, 0.3) is 5.91 Å². The number of methoxy groups -OCH3 is 1. The minimum absolute atomic E-state index is 0.0126. The first-order valence-corrected chi connectivity index (χ1v) is 30.2. The molecule has 6 fully saturated rings. The largest absolute Gasteiger partial charge is 0.468 e. The highest BCUT2D eigenvalue weighted by Crippen LogP contribution is 2.42. The van der Waals surface area contributed by atoms with Gasteiger partial charge in [-0.25, -0.2) is 13.6 Å². The number of carbonyl (C=O) groups excluding carboxylic acids is 4. The number of aromatic nitrogens is 3. The fourth-order valence-corrected chi connectivity index (χ4v) is 14.2. The Bertz CT molecular complexity index is 3370. The highest BCUT2D eigenvalue weighted by Gasteiger charge is 2.46. The van der Waals surface area contributed by atoms with Gasteiger partial charge in [0, 0.05) is 87.7 Å². The second kappa shape index (κ2) is 24.0. The van der Waals surface area contributed by atoms with Crippen molar-refractivity contribution < 1.29 is 46.9 Å². The van der Waals surface area contributed by atoms with E-state index in [-0.39, 0.29) is 77.5 Å². The highest BCUT2D eigenvalue weighted by molar-refractivity contribution is 6.06. The van der Waals surface area contributed by atoms with Crippen LogP contribution in [-0.2, 0) is 25.6 Å². The molecule has 7 aliphatic rings. The molecule has 444 valence electrons. The van der Waals surface area contributed by atoms with E-state index in [0.29, 0.717) is 84.3 Å². The molecule has 12 rings (SSSR count). The van der Waals surface area contributed by atoms with Crippen molar-refractivity contribution in [3.63, 3.8) is 0 Å². The van der Waals surface area contributed by atoms with E-state index in [9.17, 15) is 19.2 Å². The van der Waals surface area contributed by atoms with Gasteiger partial charge in [-0.05, 0) is 176 Å². The van der Waals surface area contributed by atoms with Gasteiger partial charge in [0.2, 0.25) is 11.8 Å². The average Bonchev–Trinajstić information content (AvgIpc) is 1.79. The minimum Gasteiger partial charge on any atom is -0.468 e. The second-order valence-corrected chi connectivity index (χ2v) is 25.2. The number of imide groups is 1. The zero-order valence-electron chi connectivity index (χ0n) is 48.7. The molecule has 6 saturated heterocycles.